The van der Waals surface area contributed by atoms with Crippen LogP contribution in [0.2, 0.25) is 0 Å². The van der Waals surface area contributed by atoms with Gasteiger partial charge in [0.1, 0.15) is 0 Å². The number of imide groups is 1. The average molecular weight is 229 g/mol. The van der Waals surface area contributed by atoms with Crippen molar-refractivity contribution in [2.45, 2.75) is 46.3 Å². The van der Waals surface area contributed by atoms with Crippen LogP contribution in [0.5, 0.6) is 0 Å². The van der Waals surface area contributed by atoms with Gasteiger partial charge in [-0.05, 0) is 17.3 Å². The van der Waals surface area contributed by atoms with Gasteiger partial charge in [-0.2, -0.15) is 0 Å². The Morgan fingerprint density at radius 2 is 1.73 bits per heavy atom. The number of carbonyl (C=O) groups excluding carboxylic acids is 2. The monoisotopic (exact) mass is 229 g/mol. The van der Waals surface area contributed by atoms with E-state index in [9.17, 15) is 9.59 Å². The number of carbonyl (C=O) groups is 2. The van der Waals surface area contributed by atoms with Crippen molar-refractivity contribution in [1.29, 1.82) is 0 Å². The van der Waals surface area contributed by atoms with Gasteiger partial charge in [0, 0.05) is 0 Å². The third-order valence-corrected chi connectivity index (χ3v) is 3.79. The van der Waals surface area contributed by atoms with Crippen LogP contribution in [0.15, 0.2) is 0 Å². The topological polar surface area (TPSA) is 46.2 Å². The molecule has 1 unspecified atom stereocenters. The van der Waals surface area contributed by atoms with Crippen LogP contribution in [0, 0.1) is 10.8 Å². The van der Waals surface area contributed by atoms with E-state index in [4.69, 9.17) is 0 Å². The highest BCUT2D eigenvalue weighted by atomic mass is 32.2. The standard InChI is InChI=1S/C11H19NO2S/c1-10(2,3)6-11(4,5)7-8(13)12-9(14)15-7/h7H,6H2,1-5H3,(H,12,13,14). The molecule has 3 nitrogen and oxygen atoms in total. The Kier molecular flexibility index (Phi) is 3.19. The van der Waals surface area contributed by atoms with Gasteiger partial charge in [0.05, 0.1) is 5.25 Å². The number of rotatable bonds is 2. The van der Waals surface area contributed by atoms with Crippen LogP contribution >= 0.6 is 11.8 Å². The van der Waals surface area contributed by atoms with Gasteiger partial charge in [-0.15, -0.1) is 0 Å². The van der Waals surface area contributed by atoms with Crippen molar-refractivity contribution < 1.29 is 9.59 Å². The summed E-state index contributed by atoms with van der Waals surface area (Å²) in [5.41, 5.74) is 0.00907. The fourth-order valence-corrected chi connectivity index (χ4v) is 3.27. The largest absolute Gasteiger partial charge is 0.286 e. The zero-order valence-electron chi connectivity index (χ0n) is 10.0. The predicted octanol–water partition coefficient (Wildman–Crippen LogP) is 2.80. The van der Waals surface area contributed by atoms with E-state index in [2.05, 4.69) is 26.1 Å². The maximum Gasteiger partial charge on any atom is 0.286 e. The fourth-order valence-electron chi connectivity index (χ4n) is 2.33. The van der Waals surface area contributed by atoms with E-state index in [1.54, 1.807) is 0 Å². The first-order chi connectivity index (χ1) is 6.62. The lowest BCUT2D eigenvalue weighted by Gasteiger charge is -2.34. The van der Waals surface area contributed by atoms with Crippen LogP contribution in [-0.2, 0) is 4.79 Å². The molecule has 1 saturated heterocycles. The molecule has 0 aliphatic carbocycles. The van der Waals surface area contributed by atoms with E-state index >= 15 is 0 Å². The molecule has 0 spiro atoms. The van der Waals surface area contributed by atoms with Gasteiger partial charge < -0.3 is 0 Å². The Morgan fingerprint density at radius 3 is 2.07 bits per heavy atom. The molecule has 86 valence electrons. The number of hydrogen-bond donors (Lipinski definition) is 1. The van der Waals surface area contributed by atoms with Crippen molar-refractivity contribution >= 4 is 22.9 Å². The van der Waals surface area contributed by atoms with Gasteiger partial charge in [0.15, 0.2) is 0 Å². The van der Waals surface area contributed by atoms with E-state index in [0.29, 0.717) is 0 Å². The molecule has 15 heavy (non-hydrogen) atoms. The summed E-state index contributed by atoms with van der Waals surface area (Å²) in [6.45, 7) is 10.5. The molecule has 1 fully saturated rings. The Hall–Kier alpha value is -0.510. The maximum absolute atomic E-state index is 11.6. The molecule has 1 aliphatic heterocycles. The van der Waals surface area contributed by atoms with Crippen molar-refractivity contribution in [3.05, 3.63) is 0 Å². The molecule has 1 atom stereocenters. The molecule has 1 aliphatic rings. The lowest BCUT2D eigenvalue weighted by atomic mass is 9.74. The summed E-state index contributed by atoms with van der Waals surface area (Å²) in [4.78, 5) is 22.7. The Bertz CT molecular complexity index is 291. The number of nitrogens with one attached hydrogen (secondary N) is 1. The van der Waals surface area contributed by atoms with Gasteiger partial charge in [-0.25, -0.2) is 0 Å². The summed E-state index contributed by atoms with van der Waals surface area (Å²) >= 11 is 1.12. The number of amides is 2. The van der Waals surface area contributed by atoms with Crippen LogP contribution in [0.3, 0.4) is 0 Å². The molecule has 0 aromatic rings. The lowest BCUT2D eigenvalue weighted by Crippen LogP contribution is -2.37. The summed E-state index contributed by atoms with van der Waals surface area (Å²) in [5, 5.41) is 1.88. The molecular formula is C11H19NO2S. The highest BCUT2D eigenvalue weighted by Gasteiger charge is 2.44. The van der Waals surface area contributed by atoms with Gasteiger partial charge in [-0.1, -0.05) is 46.4 Å². The molecule has 0 radical (unpaired) electrons. The first-order valence-corrected chi connectivity index (χ1v) is 6.01. The minimum Gasteiger partial charge on any atom is -0.286 e. The van der Waals surface area contributed by atoms with Gasteiger partial charge in [0.2, 0.25) is 5.91 Å². The molecule has 0 aromatic heterocycles. The van der Waals surface area contributed by atoms with Crippen molar-refractivity contribution in [3.63, 3.8) is 0 Å². The summed E-state index contributed by atoms with van der Waals surface area (Å²) in [6.07, 6.45) is 0.915. The molecule has 1 rings (SSSR count). The van der Waals surface area contributed by atoms with Crippen LogP contribution in [0.25, 0.3) is 0 Å². The van der Waals surface area contributed by atoms with Gasteiger partial charge in [-0.3, -0.25) is 14.9 Å². The minimum absolute atomic E-state index is 0.140. The molecule has 4 heteroatoms. The molecule has 1 N–H and O–H groups in total. The van der Waals surface area contributed by atoms with Gasteiger partial charge in [0.25, 0.3) is 5.24 Å². The van der Waals surface area contributed by atoms with Crippen LogP contribution in [0.4, 0.5) is 4.79 Å². The zero-order chi connectivity index (χ0) is 11.9. The lowest BCUT2D eigenvalue weighted by molar-refractivity contribution is -0.120. The summed E-state index contributed by atoms with van der Waals surface area (Å²) < 4.78 is 0. The molecule has 2 amide bonds. The third kappa shape index (κ3) is 3.23. The fraction of sp³-hybridized carbons (Fsp3) is 0.818. The smallest absolute Gasteiger partial charge is 0.286 e. The van der Waals surface area contributed by atoms with Crippen molar-refractivity contribution in [3.8, 4) is 0 Å². The Balaban J connectivity index is 2.78. The highest BCUT2D eigenvalue weighted by molar-refractivity contribution is 8.15. The van der Waals surface area contributed by atoms with E-state index in [1.165, 1.54) is 0 Å². The molecular weight excluding hydrogens is 210 g/mol. The van der Waals surface area contributed by atoms with E-state index < -0.39 is 0 Å². The second-order valence-corrected chi connectivity index (χ2v) is 7.08. The normalized spacial score (nSPS) is 23.1. The number of thioether (sulfide) groups is 1. The summed E-state index contributed by atoms with van der Waals surface area (Å²) in [6, 6.07) is 0. The Labute approximate surface area is 95.4 Å². The first-order valence-electron chi connectivity index (χ1n) is 5.13. The first kappa shape index (κ1) is 12.6. The van der Waals surface area contributed by atoms with E-state index in [0.717, 1.165) is 18.2 Å². The second-order valence-electron chi connectivity index (χ2n) is 6.00. The van der Waals surface area contributed by atoms with Crippen molar-refractivity contribution in [2.75, 3.05) is 0 Å². The number of hydrogen-bond acceptors (Lipinski definition) is 3. The van der Waals surface area contributed by atoms with Crippen LogP contribution in [0.1, 0.15) is 41.0 Å². The molecule has 0 saturated carbocycles. The minimum atomic E-state index is -0.246. The highest BCUT2D eigenvalue weighted by Crippen LogP contribution is 2.42. The van der Waals surface area contributed by atoms with E-state index in [1.807, 2.05) is 13.8 Å². The summed E-state index contributed by atoms with van der Waals surface area (Å²) in [7, 11) is 0. The summed E-state index contributed by atoms with van der Waals surface area (Å²) in [5.74, 6) is -0.140. The van der Waals surface area contributed by atoms with E-state index in [-0.39, 0.29) is 27.2 Å². The SMILES string of the molecule is CC(C)(C)CC(C)(C)C1SC(=O)NC1=O. The van der Waals surface area contributed by atoms with Crippen LogP contribution in [-0.4, -0.2) is 16.4 Å². The third-order valence-electron chi connectivity index (χ3n) is 2.38. The van der Waals surface area contributed by atoms with Crippen LogP contribution < -0.4 is 5.32 Å². The Morgan fingerprint density at radius 1 is 1.20 bits per heavy atom. The average Bonchev–Trinajstić information content (AvgIpc) is 2.24. The zero-order valence-corrected chi connectivity index (χ0v) is 10.8. The molecule has 0 aromatic carbocycles. The van der Waals surface area contributed by atoms with Gasteiger partial charge >= 0.3 is 0 Å². The molecule has 1 heterocycles. The van der Waals surface area contributed by atoms with Crippen molar-refractivity contribution in [1.82, 2.24) is 5.32 Å². The second kappa shape index (κ2) is 3.81. The van der Waals surface area contributed by atoms with Crippen molar-refractivity contribution in [2.24, 2.45) is 10.8 Å². The quantitative estimate of drug-likeness (QED) is 0.792. The maximum atomic E-state index is 11.6. The molecule has 0 bridgehead atoms. The predicted molar refractivity (Wildman–Crippen MR) is 62.8 cm³/mol.